The van der Waals surface area contributed by atoms with Gasteiger partial charge in [0.2, 0.25) is 5.91 Å². The van der Waals surface area contributed by atoms with E-state index in [1.54, 1.807) is 4.68 Å². The lowest BCUT2D eigenvalue weighted by Gasteiger charge is -2.06. The van der Waals surface area contributed by atoms with Crippen LogP contribution < -0.4 is 10.6 Å². The smallest absolute Gasteiger partial charge is 0.221 e. The van der Waals surface area contributed by atoms with Crippen LogP contribution in [0.4, 0.5) is 11.4 Å². The summed E-state index contributed by atoms with van der Waals surface area (Å²) in [6, 6.07) is 7.77. The maximum absolute atomic E-state index is 10.9. The molecular weight excluding hydrogens is 240 g/mol. The van der Waals surface area contributed by atoms with Gasteiger partial charge in [-0.1, -0.05) is 12.1 Å². The van der Waals surface area contributed by atoms with Gasteiger partial charge in [0.1, 0.15) is 0 Å². The molecule has 0 saturated heterocycles. The van der Waals surface area contributed by atoms with Gasteiger partial charge < -0.3 is 10.6 Å². The van der Waals surface area contributed by atoms with E-state index in [1.807, 2.05) is 44.4 Å². The van der Waals surface area contributed by atoms with Gasteiger partial charge in [-0.2, -0.15) is 5.10 Å². The van der Waals surface area contributed by atoms with Crippen molar-refractivity contribution in [1.82, 2.24) is 9.78 Å². The molecule has 0 aliphatic heterocycles. The molecule has 0 atom stereocenters. The van der Waals surface area contributed by atoms with E-state index in [-0.39, 0.29) is 5.91 Å². The molecule has 0 spiro atoms. The van der Waals surface area contributed by atoms with E-state index < -0.39 is 0 Å². The van der Waals surface area contributed by atoms with Crippen LogP contribution in [0.2, 0.25) is 0 Å². The minimum absolute atomic E-state index is 0.0585. The fourth-order valence-corrected chi connectivity index (χ4v) is 1.88. The van der Waals surface area contributed by atoms with E-state index in [4.69, 9.17) is 0 Å². The molecule has 100 valence electrons. The Kier molecular flexibility index (Phi) is 3.85. The van der Waals surface area contributed by atoms with Gasteiger partial charge in [-0.15, -0.1) is 0 Å². The van der Waals surface area contributed by atoms with E-state index in [2.05, 4.69) is 15.7 Å². The van der Waals surface area contributed by atoms with Crippen LogP contribution in [0, 0.1) is 6.92 Å². The topological polar surface area (TPSA) is 59.0 Å². The number of anilines is 2. The van der Waals surface area contributed by atoms with Crippen LogP contribution in [0.5, 0.6) is 0 Å². The Bertz CT molecular complexity index is 572. The molecule has 0 saturated carbocycles. The molecule has 19 heavy (non-hydrogen) atoms. The van der Waals surface area contributed by atoms with Gasteiger partial charge in [-0.05, 0) is 24.6 Å². The Morgan fingerprint density at radius 2 is 2.00 bits per heavy atom. The van der Waals surface area contributed by atoms with Crippen molar-refractivity contribution >= 4 is 17.3 Å². The van der Waals surface area contributed by atoms with E-state index in [0.29, 0.717) is 0 Å². The number of aryl methyl sites for hydroxylation is 2. The monoisotopic (exact) mass is 258 g/mol. The van der Waals surface area contributed by atoms with E-state index >= 15 is 0 Å². The summed E-state index contributed by atoms with van der Waals surface area (Å²) in [4.78, 5) is 10.9. The van der Waals surface area contributed by atoms with Crippen molar-refractivity contribution in [2.45, 2.75) is 20.4 Å². The molecule has 0 aliphatic rings. The first-order valence-electron chi connectivity index (χ1n) is 6.15. The molecule has 0 unspecified atom stereocenters. The van der Waals surface area contributed by atoms with Crippen molar-refractivity contribution < 1.29 is 4.79 Å². The molecule has 5 nitrogen and oxygen atoms in total. The van der Waals surface area contributed by atoms with Crippen molar-refractivity contribution in [2.75, 3.05) is 10.6 Å². The molecule has 5 heteroatoms. The first-order chi connectivity index (χ1) is 9.04. The minimum Gasteiger partial charge on any atom is -0.378 e. The third-order valence-corrected chi connectivity index (χ3v) is 2.77. The van der Waals surface area contributed by atoms with Crippen LogP contribution in [0.3, 0.4) is 0 Å². The normalized spacial score (nSPS) is 10.3. The Morgan fingerprint density at radius 3 is 2.53 bits per heavy atom. The maximum atomic E-state index is 10.9. The molecule has 0 bridgehead atoms. The fraction of sp³-hybridized carbons (Fsp3) is 0.286. The summed E-state index contributed by atoms with van der Waals surface area (Å²) in [5.74, 6) is -0.0585. The second-order valence-corrected chi connectivity index (χ2v) is 4.53. The Hall–Kier alpha value is -2.30. The van der Waals surface area contributed by atoms with Gasteiger partial charge in [0, 0.05) is 32.4 Å². The number of nitrogens with zero attached hydrogens (tertiary/aromatic N) is 2. The number of hydrogen-bond acceptors (Lipinski definition) is 3. The molecule has 2 aromatic rings. The molecule has 1 amide bonds. The number of aromatic nitrogens is 2. The molecule has 0 radical (unpaired) electrons. The van der Waals surface area contributed by atoms with Crippen LogP contribution in [-0.4, -0.2) is 15.7 Å². The molecule has 1 aromatic carbocycles. The Morgan fingerprint density at radius 1 is 1.32 bits per heavy atom. The second-order valence-electron chi connectivity index (χ2n) is 4.53. The molecule has 1 aromatic heterocycles. The van der Waals surface area contributed by atoms with Crippen LogP contribution in [-0.2, 0) is 18.4 Å². The first kappa shape index (κ1) is 13.1. The number of carbonyl (C=O) groups excluding carboxylic acids is 1. The van der Waals surface area contributed by atoms with Gasteiger partial charge >= 0.3 is 0 Å². The molecular formula is C14H18N4O. The number of carbonyl (C=O) groups is 1. The Labute approximate surface area is 112 Å². The van der Waals surface area contributed by atoms with Gasteiger partial charge in [-0.25, -0.2) is 0 Å². The standard InChI is InChI=1S/C14H18N4O/c1-10-14(9-18(3)17-10)15-8-12-4-6-13(7-5-12)16-11(2)19/h4-7,9,15H,8H2,1-3H3,(H,16,19). The Balaban J connectivity index is 1.96. The lowest BCUT2D eigenvalue weighted by molar-refractivity contribution is -0.114. The maximum Gasteiger partial charge on any atom is 0.221 e. The number of amides is 1. The summed E-state index contributed by atoms with van der Waals surface area (Å²) in [6.07, 6.45) is 1.96. The lowest BCUT2D eigenvalue weighted by atomic mass is 10.2. The third kappa shape index (κ3) is 3.58. The summed E-state index contributed by atoms with van der Waals surface area (Å²) < 4.78 is 1.79. The van der Waals surface area contributed by atoms with Gasteiger partial charge in [0.05, 0.1) is 11.4 Å². The molecule has 1 heterocycles. The number of benzene rings is 1. The van der Waals surface area contributed by atoms with Crippen LogP contribution in [0.25, 0.3) is 0 Å². The largest absolute Gasteiger partial charge is 0.378 e. The minimum atomic E-state index is -0.0585. The predicted molar refractivity (Wildman–Crippen MR) is 76.0 cm³/mol. The zero-order valence-corrected chi connectivity index (χ0v) is 11.4. The predicted octanol–water partition coefficient (Wildman–Crippen LogP) is 2.30. The van der Waals surface area contributed by atoms with Gasteiger partial charge in [0.15, 0.2) is 0 Å². The van der Waals surface area contributed by atoms with E-state index in [0.717, 1.165) is 29.2 Å². The van der Waals surface area contributed by atoms with Crippen molar-refractivity contribution in [3.05, 3.63) is 41.7 Å². The van der Waals surface area contributed by atoms with Crippen molar-refractivity contribution in [3.63, 3.8) is 0 Å². The molecule has 0 fully saturated rings. The average molecular weight is 258 g/mol. The fourth-order valence-electron chi connectivity index (χ4n) is 1.88. The van der Waals surface area contributed by atoms with Crippen LogP contribution >= 0.6 is 0 Å². The highest BCUT2D eigenvalue weighted by Gasteiger charge is 2.02. The summed E-state index contributed by atoms with van der Waals surface area (Å²) in [7, 11) is 1.90. The first-order valence-corrected chi connectivity index (χ1v) is 6.15. The summed E-state index contributed by atoms with van der Waals surface area (Å²) in [6.45, 7) is 4.20. The van der Waals surface area contributed by atoms with Crippen LogP contribution in [0.1, 0.15) is 18.2 Å². The van der Waals surface area contributed by atoms with Crippen molar-refractivity contribution in [2.24, 2.45) is 7.05 Å². The SMILES string of the molecule is CC(=O)Nc1ccc(CNc2cn(C)nc2C)cc1. The highest BCUT2D eigenvalue weighted by atomic mass is 16.1. The van der Waals surface area contributed by atoms with Crippen LogP contribution in [0.15, 0.2) is 30.5 Å². The molecule has 2 N–H and O–H groups in total. The molecule has 0 aliphatic carbocycles. The summed E-state index contributed by atoms with van der Waals surface area (Å²) in [5.41, 5.74) is 3.98. The zero-order valence-electron chi connectivity index (χ0n) is 11.4. The quantitative estimate of drug-likeness (QED) is 0.884. The third-order valence-electron chi connectivity index (χ3n) is 2.77. The second kappa shape index (κ2) is 5.56. The van der Waals surface area contributed by atoms with E-state index in [1.165, 1.54) is 6.92 Å². The van der Waals surface area contributed by atoms with Crippen molar-refractivity contribution in [1.29, 1.82) is 0 Å². The molecule has 2 rings (SSSR count). The summed E-state index contributed by atoms with van der Waals surface area (Å²) in [5, 5.41) is 10.4. The summed E-state index contributed by atoms with van der Waals surface area (Å²) >= 11 is 0. The lowest BCUT2D eigenvalue weighted by Crippen LogP contribution is -2.06. The number of hydrogen-bond donors (Lipinski definition) is 2. The zero-order chi connectivity index (χ0) is 13.8. The van der Waals surface area contributed by atoms with E-state index in [9.17, 15) is 4.79 Å². The number of rotatable bonds is 4. The van der Waals surface area contributed by atoms with Gasteiger partial charge in [-0.3, -0.25) is 9.48 Å². The highest BCUT2D eigenvalue weighted by Crippen LogP contribution is 2.14. The van der Waals surface area contributed by atoms with Crippen molar-refractivity contribution in [3.8, 4) is 0 Å². The van der Waals surface area contributed by atoms with Gasteiger partial charge in [0.25, 0.3) is 0 Å². The number of nitrogens with one attached hydrogen (secondary N) is 2. The highest BCUT2D eigenvalue weighted by molar-refractivity contribution is 5.88. The average Bonchev–Trinajstić information content (AvgIpc) is 2.66.